The molecule has 2 saturated carbocycles. The Labute approximate surface area is 228 Å². The van der Waals surface area contributed by atoms with Gasteiger partial charge < -0.3 is 29.5 Å². The Morgan fingerprint density at radius 3 is 2.31 bits per heavy atom. The molecule has 1 aromatic rings. The Morgan fingerprint density at radius 1 is 1.10 bits per heavy atom. The average Bonchev–Trinajstić information content (AvgIpc) is 2.87. The van der Waals surface area contributed by atoms with E-state index < -0.39 is 70.2 Å². The number of Topliss-reactive ketones (excluding diaryl/α,β-unsaturated/α-hetero) is 1. The third-order valence-corrected chi connectivity index (χ3v) is 10.2. The minimum absolute atomic E-state index is 0.0283. The Bertz CT molecular complexity index is 1240. The molecular weight excluding hydrogens is 504 g/mol. The van der Waals surface area contributed by atoms with Crippen LogP contribution in [0.2, 0.25) is 0 Å². The number of fused-ring (bicyclic) bond motifs is 5. The number of hydrogen-bond donors (Lipinski definition) is 3. The number of benzene rings is 1. The summed E-state index contributed by atoms with van der Waals surface area (Å²) in [7, 11) is 0. The molecule has 39 heavy (non-hydrogen) atoms. The first kappa shape index (κ1) is 28.0. The molecule has 9 nitrogen and oxygen atoms in total. The second-order valence-electron chi connectivity index (χ2n) is 12.5. The van der Waals surface area contributed by atoms with Crippen LogP contribution in [0, 0.1) is 22.7 Å². The van der Waals surface area contributed by atoms with Gasteiger partial charge in [0.1, 0.15) is 23.6 Å². The number of aliphatic hydroxyl groups excluding tert-OH is 2. The summed E-state index contributed by atoms with van der Waals surface area (Å²) in [5.74, 6) is -3.66. The van der Waals surface area contributed by atoms with Crippen molar-refractivity contribution in [1.29, 1.82) is 0 Å². The van der Waals surface area contributed by atoms with E-state index in [-0.39, 0.29) is 30.8 Å². The van der Waals surface area contributed by atoms with Gasteiger partial charge in [0.15, 0.2) is 5.60 Å². The van der Waals surface area contributed by atoms with Crippen molar-refractivity contribution in [2.24, 2.45) is 22.7 Å². The lowest BCUT2D eigenvalue weighted by atomic mass is 9.43. The van der Waals surface area contributed by atoms with Crippen LogP contribution in [0.5, 0.6) is 0 Å². The molecule has 212 valence electrons. The van der Waals surface area contributed by atoms with Gasteiger partial charge in [0.2, 0.25) is 0 Å². The number of ether oxygens (including phenoxy) is 3. The molecule has 2 unspecified atom stereocenters. The summed E-state index contributed by atoms with van der Waals surface area (Å²) >= 11 is 0. The minimum Gasteiger partial charge on any atom is -0.455 e. The molecule has 3 aliphatic carbocycles. The van der Waals surface area contributed by atoms with Crippen molar-refractivity contribution in [2.45, 2.75) is 90.0 Å². The Balaban J connectivity index is 1.81. The monoisotopic (exact) mass is 542 g/mol. The van der Waals surface area contributed by atoms with Crippen LogP contribution < -0.4 is 0 Å². The van der Waals surface area contributed by atoms with Crippen molar-refractivity contribution in [3.63, 3.8) is 0 Å². The molecule has 4 aliphatic rings. The van der Waals surface area contributed by atoms with E-state index in [1.807, 2.05) is 0 Å². The SMILES string of the molecule is CC(=O)O[C@@]12CO[C@@H]1C[C@H](O)[C@@]1(C)C(=O)[C@H](C)C3=C(C)C(O)C[C@@](O)([C@@H](OC(=O)c4ccccc4)C12)C3(C)C. The third-order valence-electron chi connectivity index (χ3n) is 10.2. The van der Waals surface area contributed by atoms with E-state index in [2.05, 4.69) is 0 Å². The summed E-state index contributed by atoms with van der Waals surface area (Å²) in [5.41, 5.74) is -4.73. The second-order valence-corrected chi connectivity index (χ2v) is 12.5. The lowest BCUT2D eigenvalue weighted by molar-refractivity contribution is -0.345. The molecule has 1 aromatic carbocycles. The van der Waals surface area contributed by atoms with Crippen molar-refractivity contribution >= 4 is 17.7 Å². The maximum Gasteiger partial charge on any atom is 0.338 e. The van der Waals surface area contributed by atoms with Gasteiger partial charge in [-0.3, -0.25) is 9.59 Å². The molecule has 0 aromatic heterocycles. The Hall–Kier alpha value is -2.59. The van der Waals surface area contributed by atoms with Gasteiger partial charge in [-0.15, -0.1) is 0 Å². The van der Waals surface area contributed by atoms with Crippen LogP contribution in [-0.2, 0) is 23.8 Å². The summed E-state index contributed by atoms with van der Waals surface area (Å²) in [4.78, 5) is 40.6. The van der Waals surface area contributed by atoms with Gasteiger partial charge in [-0.05, 0) is 37.1 Å². The highest BCUT2D eigenvalue weighted by atomic mass is 16.6. The van der Waals surface area contributed by atoms with Crippen molar-refractivity contribution in [3.8, 4) is 0 Å². The molecule has 0 spiro atoms. The van der Waals surface area contributed by atoms with Crippen LogP contribution in [0.25, 0.3) is 0 Å². The van der Waals surface area contributed by atoms with Gasteiger partial charge in [-0.2, -0.15) is 0 Å². The predicted octanol–water partition coefficient (Wildman–Crippen LogP) is 2.36. The van der Waals surface area contributed by atoms with Crippen LogP contribution >= 0.6 is 0 Å². The van der Waals surface area contributed by atoms with Crippen molar-refractivity contribution < 1.29 is 43.9 Å². The topological polar surface area (TPSA) is 140 Å². The summed E-state index contributed by atoms with van der Waals surface area (Å²) < 4.78 is 17.9. The zero-order chi connectivity index (χ0) is 28.7. The first-order valence-corrected chi connectivity index (χ1v) is 13.5. The molecule has 2 bridgehead atoms. The van der Waals surface area contributed by atoms with E-state index in [4.69, 9.17) is 14.2 Å². The highest BCUT2D eigenvalue weighted by Crippen LogP contribution is 2.64. The quantitative estimate of drug-likeness (QED) is 0.388. The van der Waals surface area contributed by atoms with E-state index >= 15 is 0 Å². The highest BCUT2D eigenvalue weighted by molar-refractivity contribution is 5.92. The number of esters is 2. The van der Waals surface area contributed by atoms with Crippen LogP contribution in [0.15, 0.2) is 41.5 Å². The number of carbonyl (C=O) groups excluding carboxylic acids is 3. The number of carbonyl (C=O) groups is 3. The van der Waals surface area contributed by atoms with Crippen molar-refractivity contribution in [1.82, 2.24) is 0 Å². The Morgan fingerprint density at radius 2 is 1.74 bits per heavy atom. The summed E-state index contributed by atoms with van der Waals surface area (Å²) in [6.07, 6.45) is -4.73. The van der Waals surface area contributed by atoms with Gasteiger partial charge in [0, 0.05) is 31.1 Å². The lowest BCUT2D eigenvalue weighted by Gasteiger charge is -2.67. The average molecular weight is 543 g/mol. The van der Waals surface area contributed by atoms with E-state index in [1.54, 1.807) is 65.0 Å². The molecular formula is C30H38O9. The maximum absolute atomic E-state index is 14.5. The molecule has 1 heterocycles. The van der Waals surface area contributed by atoms with E-state index in [0.717, 1.165) is 0 Å². The zero-order valence-corrected chi connectivity index (χ0v) is 23.3. The molecule has 9 atom stereocenters. The minimum atomic E-state index is -1.91. The first-order chi connectivity index (χ1) is 18.1. The number of hydrogen-bond acceptors (Lipinski definition) is 9. The molecule has 1 saturated heterocycles. The second kappa shape index (κ2) is 8.96. The van der Waals surface area contributed by atoms with Gasteiger partial charge >= 0.3 is 11.9 Å². The number of aliphatic hydroxyl groups is 3. The molecule has 5 rings (SSSR count). The standard InChI is InChI=1S/C30H38O9/c1-15-19(32)13-30(36)25(38-26(35)18-10-8-7-9-11-18)23-28(6,24(34)16(2)22(15)27(30,4)5)20(33)12-21-29(23,14-37-21)39-17(3)31/h7-11,16,19-21,23,25,32-33,36H,12-14H2,1-6H3/t16-,19?,20+,21-,23?,25+,28-,29+,30-/m1/s1. The van der Waals surface area contributed by atoms with Gasteiger partial charge in [0.25, 0.3) is 0 Å². The van der Waals surface area contributed by atoms with E-state index in [1.165, 1.54) is 6.92 Å². The van der Waals surface area contributed by atoms with Crippen LogP contribution in [0.3, 0.4) is 0 Å². The van der Waals surface area contributed by atoms with Crippen LogP contribution in [0.4, 0.5) is 0 Å². The molecule has 9 heteroatoms. The molecule has 0 amide bonds. The molecule has 3 N–H and O–H groups in total. The van der Waals surface area contributed by atoms with Crippen molar-refractivity contribution in [2.75, 3.05) is 6.61 Å². The van der Waals surface area contributed by atoms with Gasteiger partial charge in [-0.1, -0.05) is 39.0 Å². The zero-order valence-electron chi connectivity index (χ0n) is 23.3. The highest BCUT2D eigenvalue weighted by Gasteiger charge is 2.77. The summed E-state index contributed by atoms with van der Waals surface area (Å²) in [6.45, 7) is 9.78. The summed E-state index contributed by atoms with van der Waals surface area (Å²) in [5, 5.41) is 35.5. The fraction of sp³-hybridized carbons (Fsp3) is 0.633. The van der Waals surface area contributed by atoms with E-state index in [9.17, 15) is 29.7 Å². The number of rotatable bonds is 3. The van der Waals surface area contributed by atoms with Crippen LogP contribution in [0.1, 0.15) is 64.7 Å². The third kappa shape index (κ3) is 3.63. The first-order valence-electron chi connectivity index (χ1n) is 13.5. The van der Waals surface area contributed by atoms with Crippen molar-refractivity contribution in [3.05, 3.63) is 47.0 Å². The van der Waals surface area contributed by atoms with Gasteiger partial charge in [-0.25, -0.2) is 4.79 Å². The summed E-state index contributed by atoms with van der Waals surface area (Å²) in [6, 6.07) is 8.26. The van der Waals surface area contributed by atoms with Crippen LogP contribution in [-0.4, -0.2) is 75.3 Å². The largest absolute Gasteiger partial charge is 0.455 e. The van der Waals surface area contributed by atoms with E-state index in [0.29, 0.717) is 11.1 Å². The Kier molecular flexibility index (Phi) is 6.42. The maximum atomic E-state index is 14.5. The normalized spacial score (nSPS) is 42.7. The smallest absolute Gasteiger partial charge is 0.338 e. The predicted molar refractivity (Wildman–Crippen MR) is 138 cm³/mol. The molecule has 1 aliphatic heterocycles. The fourth-order valence-corrected chi connectivity index (χ4v) is 8.16. The number of ketones is 1. The lowest BCUT2D eigenvalue weighted by Crippen LogP contribution is -2.81. The fourth-order valence-electron chi connectivity index (χ4n) is 8.16. The van der Waals surface area contributed by atoms with Gasteiger partial charge in [0.05, 0.1) is 35.7 Å². The molecule has 0 radical (unpaired) electrons. The molecule has 3 fully saturated rings.